The summed E-state index contributed by atoms with van der Waals surface area (Å²) in [6.07, 6.45) is 14.5. The Morgan fingerprint density at radius 2 is 1.85 bits per heavy atom. The molecule has 0 aromatic carbocycles. The summed E-state index contributed by atoms with van der Waals surface area (Å²) >= 11 is 0. The summed E-state index contributed by atoms with van der Waals surface area (Å²) in [5.74, 6) is -0.232. The van der Waals surface area contributed by atoms with Gasteiger partial charge in [0.1, 0.15) is 11.7 Å². The van der Waals surface area contributed by atoms with Gasteiger partial charge in [0, 0.05) is 5.92 Å². The number of ether oxygens (including phenoxy) is 2. The molecule has 5 rings (SSSR count). The van der Waals surface area contributed by atoms with E-state index in [-0.39, 0.29) is 30.1 Å². The number of hydrogen-bond donors (Lipinski definition) is 2. The van der Waals surface area contributed by atoms with Crippen LogP contribution in [0.1, 0.15) is 65.2 Å². The summed E-state index contributed by atoms with van der Waals surface area (Å²) in [7, 11) is 0. The lowest BCUT2D eigenvalue weighted by molar-refractivity contribution is -0.155. The maximum atomic E-state index is 11.5. The predicted octanol–water partition coefficient (Wildman–Crippen LogP) is 3.79. The molecule has 0 amide bonds. The van der Waals surface area contributed by atoms with Gasteiger partial charge in [-0.3, -0.25) is 0 Å². The van der Waals surface area contributed by atoms with Gasteiger partial charge in [-0.05, 0) is 62.2 Å². The zero-order chi connectivity index (χ0) is 18.9. The van der Waals surface area contributed by atoms with E-state index in [1.807, 2.05) is 19.9 Å². The van der Waals surface area contributed by atoms with Crippen LogP contribution in [0.3, 0.4) is 0 Å². The SMILES string of the molecule is CC1(C)O[C@H]2C3=C4[C@@H](CCCC[C@@]42O1)C(C1(O)CCCC1)/C=C\C=C/3CO. The molecule has 4 aliphatic carbocycles. The molecule has 0 aromatic heterocycles. The van der Waals surface area contributed by atoms with Crippen LogP contribution in [0.25, 0.3) is 0 Å². The summed E-state index contributed by atoms with van der Waals surface area (Å²) in [6, 6.07) is 0. The third kappa shape index (κ3) is 2.50. The van der Waals surface area contributed by atoms with Crippen LogP contribution in [-0.4, -0.2) is 39.9 Å². The predicted molar refractivity (Wildman–Crippen MR) is 103 cm³/mol. The van der Waals surface area contributed by atoms with Gasteiger partial charge in [-0.15, -0.1) is 0 Å². The van der Waals surface area contributed by atoms with Gasteiger partial charge in [0.05, 0.1) is 12.2 Å². The van der Waals surface area contributed by atoms with Gasteiger partial charge in [0.15, 0.2) is 5.79 Å². The molecule has 27 heavy (non-hydrogen) atoms. The summed E-state index contributed by atoms with van der Waals surface area (Å²) in [4.78, 5) is 0. The normalized spacial score (nSPS) is 44.9. The largest absolute Gasteiger partial charge is 0.392 e. The van der Waals surface area contributed by atoms with Crippen LogP contribution in [0.15, 0.2) is 34.9 Å². The summed E-state index contributed by atoms with van der Waals surface area (Å²) in [6.45, 7) is 4.01. The standard InChI is InChI=1S/C23H32O4/c1-21(2)26-20-18-15(14-24)8-7-10-17(22(25)11-5-6-12-22)16-9-3-4-13-23(20,27-21)19(16)18/h7-8,10,16-17,20,24-25H,3-6,9,11-14H2,1-2H3/b10-7-,15-8-/t16-,17?,20-,23+/m0/s1. The molecule has 1 aliphatic heterocycles. The zero-order valence-corrected chi connectivity index (χ0v) is 16.5. The van der Waals surface area contributed by atoms with Crippen molar-refractivity contribution < 1.29 is 19.7 Å². The maximum Gasteiger partial charge on any atom is 0.165 e. The highest BCUT2D eigenvalue weighted by Crippen LogP contribution is 2.63. The molecule has 0 radical (unpaired) electrons. The first-order chi connectivity index (χ1) is 12.9. The third-order valence-corrected chi connectivity index (χ3v) is 7.60. The Morgan fingerprint density at radius 3 is 2.59 bits per heavy atom. The molecule has 148 valence electrons. The van der Waals surface area contributed by atoms with Crippen molar-refractivity contribution in [1.82, 2.24) is 0 Å². The molecule has 4 atom stereocenters. The van der Waals surface area contributed by atoms with Crippen LogP contribution < -0.4 is 0 Å². The molecule has 4 nitrogen and oxygen atoms in total. The fourth-order valence-corrected chi connectivity index (χ4v) is 6.63. The highest BCUT2D eigenvalue weighted by atomic mass is 16.8. The van der Waals surface area contributed by atoms with Crippen molar-refractivity contribution in [1.29, 1.82) is 0 Å². The van der Waals surface area contributed by atoms with E-state index in [1.165, 1.54) is 5.57 Å². The molecule has 1 spiro atoms. The molecular formula is C23H32O4. The fourth-order valence-electron chi connectivity index (χ4n) is 6.63. The number of allylic oxidation sites excluding steroid dienone is 2. The Hall–Kier alpha value is -0.940. The molecule has 3 fully saturated rings. The number of fused-ring (bicyclic) bond motifs is 1. The van der Waals surface area contributed by atoms with Crippen molar-refractivity contribution in [2.45, 2.75) is 88.3 Å². The fraction of sp³-hybridized carbons (Fsp3) is 0.739. The van der Waals surface area contributed by atoms with Crippen molar-refractivity contribution in [3.05, 3.63) is 34.9 Å². The molecule has 4 heteroatoms. The van der Waals surface area contributed by atoms with Gasteiger partial charge in [0.2, 0.25) is 0 Å². The van der Waals surface area contributed by atoms with Gasteiger partial charge in [0.25, 0.3) is 0 Å². The average molecular weight is 373 g/mol. The number of rotatable bonds is 2. The van der Waals surface area contributed by atoms with Crippen LogP contribution in [0.5, 0.6) is 0 Å². The zero-order valence-electron chi connectivity index (χ0n) is 16.5. The van der Waals surface area contributed by atoms with E-state index in [4.69, 9.17) is 9.47 Å². The molecule has 0 bridgehead atoms. The van der Waals surface area contributed by atoms with Gasteiger partial charge < -0.3 is 19.7 Å². The van der Waals surface area contributed by atoms with Crippen LogP contribution in [0.2, 0.25) is 0 Å². The molecule has 2 saturated carbocycles. The Labute approximate surface area is 161 Å². The van der Waals surface area contributed by atoms with Crippen LogP contribution in [-0.2, 0) is 9.47 Å². The van der Waals surface area contributed by atoms with Crippen LogP contribution in [0, 0.1) is 11.8 Å². The van der Waals surface area contributed by atoms with Crippen molar-refractivity contribution in [3.8, 4) is 0 Å². The Morgan fingerprint density at radius 1 is 1.11 bits per heavy atom. The maximum absolute atomic E-state index is 11.5. The van der Waals surface area contributed by atoms with Gasteiger partial charge >= 0.3 is 0 Å². The summed E-state index contributed by atoms with van der Waals surface area (Å²) in [5.41, 5.74) is 2.45. The Kier molecular flexibility index (Phi) is 4.04. The molecule has 1 saturated heterocycles. The second-order valence-electron chi connectivity index (χ2n) is 9.64. The lowest BCUT2D eigenvalue weighted by Crippen LogP contribution is -2.56. The number of aliphatic hydroxyl groups excluding tert-OH is 1. The monoisotopic (exact) mass is 372 g/mol. The second-order valence-corrected chi connectivity index (χ2v) is 9.64. The smallest absolute Gasteiger partial charge is 0.165 e. The second kappa shape index (κ2) is 6.03. The molecule has 0 aromatic rings. The van der Waals surface area contributed by atoms with E-state index in [9.17, 15) is 10.2 Å². The van der Waals surface area contributed by atoms with E-state index < -0.39 is 11.4 Å². The first kappa shape index (κ1) is 18.1. The topological polar surface area (TPSA) is 58.9 Å². The number of aliphatic hydroxyl groups is 2. The number of hydrogen-bond acceptors (Lipinski definition) is 4. The third-order valence-electron chi connectivity index (χ3n) is 7.60. The minimum atomic E-state index is -0.617. The van der Waals surface area contributed by atoms with E-state index in [1.54, 1.807) is 0 Å². The highest BCUT2D eigenvalue weighted by Gasteiger charge is 2.67. The van der Waals surface area contributed by atoms with Crippen molar-refractivity contribution in [2.75, 3.05) is 6.61 Å². The minimum Gasteiger partial charge on any atom is -0.392 e. The van der Waals surface area contributed by atoms with E-state index in [2.05, 4.69) is 12.2 Å². The van der Waals surface area contributed by atoms with Crippen molar-refractivity contribution >= 4 is 0 Å². The van der Waals surface area contributed by atoms with Crippen LogP contribution >= 0.6 is 0 Å². The summed E-state index contributed by atoms with van der Waals surface area (Å²) < 4.78 is 12.9. The Bertz CT molecular complexity index is 725. The highest BCUT2D eigenvalue weighted by molar-refractivity contribution is 5.58. The average Bonchev–Trinajstić information content (AvgIpc) is 3.08. The molecular weight excluding hydrogens is 340 g/mol. The molecule has 1 heterocycles. The first-order valence-corrected chi connectivity index (χ1v) is 10.7. The quantitative estimate of drug-likeness (QED) is 0.774. The van der Waals surface area contributed by atoms with E-state index in [0.29, 0.717) is 0 Å². The molecule has 5 aliphatic rings. The first-order valence-electron chi connectivity index (χ1n) is 10.7. The minimum absolute atomic E-state index is 0.0151. The van der Waals surface area contributed by atoms with E-state index >= 15 is 0 Å². The van der Waals surface area contributed by atoms with Gasteiger partial charge in [-0.25, -0.2) is 0 Å². The van der Waals surface area contributed by atoms with Crippen molar-refractivity contribution in [3.63, 3.8) is 0 Å². The van der Waals surface area contributed by atoms with E-state index in [0.717, 1.165) is 62.5 Å². The lowest BCUT2D eigenvalue weighted by atomic mass is 9.58. The van der Waals surface area contributed by atoms with Gasteiger partial charge in [-0.2, -0.15) is 0 Å². The van der Waals surface area contributed by atoms with Crippen molar-refractivity contribution in [2.24, 2.45) is 11.8 Å². The van der Waals surface area contributed by atoms with Gasteiger partial charge in [-0.1, -0.05) is 43.9 Å². The molecule has 1 unspecified atom stereocenters. The lowest BCUT2D eigenvalue weighted by Gasteiger charge is -2.52. The van der Waals surface area contributed by atoms with Crippen LogP contribution in [0.4, 0.5) is 0 Å². The Balaban J connectivity index is 1.67. The summed E-state index contributed by atoms with van der Waals surface area (Å²) in [5, 5.41) is 21.6. The molecule has 2 N–H and O–H groups in total.